The number of hydrogen-bond donors (Lipinski definition) is 5. The van der Waals surface area contributed by atoms with Crippen molar-refractivity contribution in [2.45, 2.75) is 130 Å². The molecule has 2 heterocycles. The predicted octanol–water partition coefficient (Wildman–Crippen LogP) is 5.14. The van der Waals surface area contributed by atoms with E-state index in [9.17, 15) is 39.0 Å². The average molecular weight is 815 g/mol. The Labute approximate surface area is 340 Å². The lowest BCUT2D eigenvalue weighted by Gasteiger charge is -2.38. The zero-order valence-corrected chi connectivity index (χ0v) is 35.6. The quantitative estimate of drug-likeness (QED) is 0.0874. The number of ether oxygens (including phenoxy) is 1. The first-order valence-electron chi connectivity index (χ1n) is 19.9. The number of amides is 4. The molecule has 16 heteroatoms. The van der Waals surface area contributed by atoms with Crippen LogP contribution in [0.2, 0.25) is 0 Å². The summed E-state index contributed by atoms with van der Waals surface area (Å²) in [5, 5.41) is 30.4. The van der Waals surface area contributed by atoms with Crippen molar-refractivity contribution in [3.8, 4) is 5.75 Å². The van der Waals surface area contributed by atoms with Gasteiger partial charge in [0.15, 0.2) is 6.10 Å². The molecule has 0 aliphatic carbocycles. The molecule has 2 unspecified atom stereocenters. The standard InChI is InChI=1S/C41H62N6O9S/c1-10-24(5)36(45-38(52)31-14-12-13-17-46(31)8)40(53)47(9)32(23(3)4)21-34(56-26(7)48)39-44-30(22-57-39)37(51)42-28(18-25(6)41(54)55)19-27-15-16-33(49)29(20-27)43-35(50)11-2/h15-16,20,22-25,28,31-32,34,36,49H,10-14,17-19,21H2,1-9H3,(H,42,51)(H,43,50)(H,45,52)(H,54,55)/t24-,25?,28+,31+,32?,34+,36-/m0/s1. The van der Waals surface area contributed by atoms with Crippen molar-refractivity contribution in [2.75, 3.05) is 26.0 Å². The highest BCUT2D eigenvalue weighted by Gasteiger charge is 2.37. The number of carboxylic acids is 1. The number of aliphatic carboxylic acids is 1. The number of rotatable bonds is 20. The van der Waals surface area contributed by atoms with Gasteiger partial charge >= 0.3 is 11.9 Å². The van der Waals surface area contributed by atoms with Crippen molar-refractivity contribution in [2.24, 2.45) is 17.8 Å². The smallest absolute Gasteiger partial charge is 0.306 e. The van der Waals surface area contributed by atoms with Crippen LogP contribution in [-0.4, -0.2) is 105 Å². The fourth-order valence-corrected chi connectivity index (χ4v) is 7.91. The Balaban J connectivity index is 1.84. The van der Waals surface area contributed by atoms with Crippen LogP contribution >= 0.6 is 11.3 Å². The molecular weight excluding hydrogens is 753 g/mol. The Hall–Kier alpha value is -4.57. The van der Waals surface area contributed by atoms with Gasteiger partial charge in [-0.25, -0.2) is 4.98 Å². The maximum absolute atomic E-state index is 14.2. The van der Waals surface area contributed by atoms with Gasteiger partial charge in [-0.3, -0.25) is 33.7 Å². The van der Waals surface area contributed by atoms with E-state index in [0.717, 1.165) is 37.1 Å². The third-order valence-electron chi connectivity index (χ3n) is 10.8. The van der Waals surface area contributed by atoms with Crippen LogP contribution in [0.25, 0.3) is 0 Å². The van der Waals surface area contributed by atoms with Crippen molar-refractivity contribution < 1.29 is 43.7 Å². The number of anilines is 1. The molecule has 1 aliphatic heterocycles. The summed E-state index contributed by atoms with van der Waals surface area (Å²) in [4.78, 5) is 85.8. The second-order valence-electron chi connectivity index (χ2n) is 15.6. The maximum atomic E-state index is 14.2. The van der Waals surface area contributed by atoms with Gasteiger partial charge in [-0.1, -0.05) is 60.5 Å². The van der Waals surface area contributed by atoms with Gasteiger partial charge in [-0.15, -0.1) is 11.3 Å². The Morgan fingerprint density at radius 2 is 1.75 bits per heavy atom. The molecule has 316 valence electrons. The summed E-state index contributed by atoms with van der Waals surface area (Å²) in [6, 6.07) is 2.47. The number of likely N-dealkylation sites (tertiary alicyclic amines) is 1. The number of phenolic OH excluding ortho intramolecular Hbond substituents is 1. The molecule has 0 spiro atoms. The number of aromatic nitrogens is 1. The van der Waals surface area contributed by atoms with Gasteiger partial charge in [0.1, 0.15) is 22.5 Å². The van der Waals surface area contributed by atoms with Crippen LogP contribution in [0.5, 0.6) is 5.75 Å². The normalized spacial score (nSPS) is 17.7. The number of piperidine rings is 1. The molecule has 4 amide bonds. The number of carbonyl (C=O) groups excluding carboxylic acids is 5. The molecule has 1 aromatic heterocycles. The fourth-order valence-electron chi connectivity index (χ4n) is 7.07. The molecule has 7 atom stereocenters. The molecule has 1 saturated heterocycles. The van der Waals surface area contributed by atoms with Crippen LogP contribution in [0.4, 0.5) is 5.69 Å². The molecule has 0 bridgehead atoms. The minimum absolute atomic E-state index is 0.0412. The third kappa shape index (κ3) is 13.5. The average Bonchev–Trinajstić information content (AvgIpc) is 3.66. The van der Waals surface area contributed by atoms with Gasteiger partial charge in [0, 0.05) is 44.3 Å². The zero-order valence-electron chi connectivity index (χ0n) is 34.8. The summed E-state index contributed by atoms with van der Waals surface area (Å²) in [5.74, 6) is -4.03. The van der Waals surface area contributed by atoms with E-state index in [4.69, 9.17) is 4.74 Å². The number of phenols is 1. The Bertz CT molecular complexity index is 1720. The fraction of sp³-hybridized carbons (Fsp3) is 0.634. The summed E-state index contributed by atoms with van der Waals surface area (Å²) in [5.41, 5.74) is 0.890. The van der Waals surface area contributed by atoms with Crippen LogP contribution in [0.3, 0.4) is 0 Å². The first-order chi connectivity index (χ1) is 26.9. The number of benzene rings is 1. The summed E-state index contributed by atoms with van der Waals surface area (Å²) >= 11 is 1.13. The Morgan fingerprint density at radius 3 is 2.35 bits per heavy atom. The molecule has 0 radical (unpaired) electrons. The van der Waals surface area contributed by atoms with Crippen LogP contribution in [0.1, 0.15) is 121 Å². The highest BCUT2D eigenvalue weighted by molar-refractivity contribution is 7.09. The minimum Gasteiger partial charge on any atom is -0.506 e. The number of hydrogen-bond acceptors (Lipinski definition) is 11. The molecule has 3 rings (SSSR count). The van der Waals surface area contributed by atoms with Crippen LogP contribution < -0.4 is 16.0 Å². The third-order valence-corrected chi connectivity index (χ3v) is 11.7. The molecule has 0 saturated carbocycles. The van der Waals surface area contributed by atoms with Crippen LogP contribution in [0.15, 0.2) is 23.6 Å². The largest absolute Gasteiger partial charge is 0.506 e. The first kappa shape index (κ1) is 46.8. The highest BCUT2D eigenvalue weighted by Crippen LogP contribution is 2.32. The molecule has 1 aliphatic rings. The van der Waals surface area contributed by atoms with Gasteiger partial charge in [-0.2, -0.15) is 0 Å². The van der Waals surface area contributed by atoms with Gasteiger partial charge in [0.25, 0.3) is 5.91 Å². The number of nitrogens with one attached hydrogen (secondary N) is 3. The van der Waals surface area contributed by atoms with E-state index >= 15 is 0 Å². The molecular formula is C41H62N6O9S. The maximum Gasteiger partial charge on any atom is 0.306 e. The van der Waals surface area contributed by atoms with E-state index in [1.807, 2.05) is 39.6 Å². The number of aromatic hydroxyl groups is 1. The summed E-state index contributed by atoms with van der Waals surface area (Å²) in [6.07, 6.45) is 3.12. The lowest BCUT2D eigenvalue weighted by atomic mass is 9.92. The van der Waals surface area contributed by atoms with Crippen molar-refractivity contribution in [1.29, 1.82) is 0 Å². The van der Waals surface area contributed by atoms with Crippen molar-refractivity contribution in [3.63, 3.8) is 0 Å². The van der Waals surface area contributed by atoms with Crippen molar-refractivity contribution in [1.82, 2.24) is 25.4 Å². The molecule has 5 N–H and O–H groups in total. The van der Waals surface area contributed by atoms with E-state index in [0.29, 0.717) is 17.0 Å². The number of thiazole rings is 1. The number of carboxylic acid groups (broad SMARTS) is 1. The number of carbonyl (C=O) groups is 6. The lowest BCUT2D eigenvalue weighted by molar-refractivity contribution is -0.149. The molecule has 2 aromatic rings. The van der Waals surface area contributed by atoms with E-state index in [1.165, 1.54) is 25.3 Å². The van der Waals surface area contributed by atoms with Crippen LogP contribution in [0, 0.1) is 17.8 Å². The van der Waals surface area contributed by atoms with Crippen LogP contribution in [-0.2, 0) is 35.1 Å². The molecule has 57 heavy (non-hydrogen) atoms. The van der Waals surface area contributed by atoms with Gasteiger partial charge < -0.3 is 35.8 Å². The van der Waals surface area contributed by atoms with Gasteiger partial charge in [0.05, 0.1) is 17.6 Å². The molecule has 1 aromatic carbocycles. The lowest BCUT2D eigenvalue weighted by Crippen LogP contribution is -2.58. The Morgan fingerprint density at radius 1 is 1.05 bits per heavy atom. The topological polar surface area (TPSA) is 208 Å². The zero-order chi connectivity index (χ0) is 42.6. The van der Waals surface area contributed by atoms with E-state index < -0.39 is 48.0 Å². The molecule has 1 fully saturated rings. The highest BCUT2D eigenvalue weighted by atomic mass is 32.1. The van der Waals surface area contributed by atoms with Gasteiger partial charge in [-0.05, 0) is 68.8 Å². The number of nitrogens with zero attached hydrogens (tertiary/aromatic N) is 3. The van der Waals surface area contributed by atoms with Crippen molar-refractivity contribution in [3.05, 3.63) is 39.8 Å². The van der Waals surface area contributed by atoms with Gasteiger partial charge in [0.2, 0.25) is 17.7 Å². The summed E-state index contributed by atoms with van der Waals surface area (Å²) in [6.45, 7) is 13.2. The minimum atomic E-state index is -1.03. The second-order valence-corrected chi connectivity index (χ2v) is 16.5. The number of esters is 1. The summed E-state index contributed by atoms with van der Waals surface area (Å²) < 4.78 is 5.77. The number of likely N-dealkylation sites (N-methyl/N-ethyl adjacent to an activating group) is 2. The first-order valence-corrected chi connectivity index (χ1v) is 20.8. The molecule has 15 nitrogen and oxygen atoms in total. The van der Waals surface area contributed by atoms with E-state index in [1.54, 1.807) is 31.0 Å². The summed E-state index contributed by atoms with van der Waals surface area (Å²) in [7, 11) is 3.62. The SMILES string of the molecule is CCC(=O)Nc1cc(C[C@@H](CC(C)C(=O)O)NC(=O)c2csc([C@@H](CC(C(C)C)N(C)C(=O)[C@@H](NC(=O)[C@H]3CCCCN3C)[C@@H](C)CC)OC(C)=O)n2)ccc1O. The Kier molecular flexibility index (Phi) is 17.9. The van der Waals surface area contributed by atoms with E-state index in [-0.39, 0.29) is 78.4 Å². The monoisotopic (exact) mass is 814 g/mol. The van der Waals surface area contributed by atoms with E-state index in [2.05, 4.69) is 20.9 Å². The second kappa shape index (κ2) is 21.8. The van der Waals surface area contributed by atoms with Crippen molar-refractivity contribution >= 4 is 52.6 Å². The predicted molar refractivity (Wildman–Crippen MR) is 218 cm³/mol.